The van der Waals surface area contributed by atoms with Crippen molar-refractivity contribution in [2.75, 3.05) is 0 Å². The van der Waals surface area contributed by atoms with Crippen molar-refractivity contribution in [1.29, 1.82) is 0 Å². The van der Waals surface area contributed by atoms with Gasteiger partial charge in [0, 0.05) is 20.5 Å². The van der Waals surface area contributed by atoms with Crippen molar-refractivity contribution in [2.24, 2.45) is 14.1 Å². The molecule has 2 aromatic rings. The summed E-state index contributed by atoms with van der Waals surface area (Å²) in [5, 5.41) is 0. The summed E-state index contributed by atoms with van der Waals surface area (Å²) in [6.07, 6.45) is 0.416. The molecule has 0 unspecified atom stereocenters. The molecule has 0 spiro atoms. The first-order valence-corrected chi connectivity index (χ1v) is 5.14. The molecule has 0 aliphatic carbocycles. The summed E-state index contributed by atoms with van der Waals surface area (Å²) in [4.78, 5) is 22.7. The molecule has 2 rings (SSSR count). The maximum Gasteiger partial charge on any atom is 0.328 e. The Morgan fingerprint density at radius 2 is 1.81 bits per heavy atom. The highest BCUT2D eigenvalue weighted by Crippen LogP contribution is 2.14. The second kappa shape index (κ2) is 3.63. The van der Waals surface area contributed by atoms with Crippen LogP contribution in [-0.4, -0.2) is 14.9 Å². The number of Topliss-reactive ketones (excluding diaryl/α,β-unsaturated/α-hetero) is 1. The molecule has 0 amide bonds. The van der Waals surface area contributed by atoms with E-state index in [-0.39, 0.29) is 11.5 Å². The monoisotopic (exact) mass is 218 g/mol. The van der Waals surface area contributed by atoms with E-state index in [0.717, 1.165) is 16.6 Å². The first kappa shape index (κ1) is 10.7. The van der Waals surface area contributed by atoms with Crippen molar-refractivity contribution in [2.45, 2.75) is 13.3 Å². The highest BCUT2D eigenvalue weighted by Gasteiger charge is 2.08. The van der Waals surface area contributed by atoms with E-state index in [1.165, 1.54) is 0 Å². The Morgan fingerprint density at radius 3 is 2.44 bits per heavy atom. The molecule has 0 atom stereocenters. The molecule has 16 heavy (non-hydrogen) atoms. The standard InChI is InChI=1S/C12H14N2O2/c1-8(15)6-9-4-5-10-11(7-9)14(3)12(16)13(10)2/h4-5,7H,6H2,1-3H3. The van der Waals surface area contributed by atoms with Crippen LogP contribution < -0.4 is 5.69 Å². The summed E-state index contributed by atoms with van der Waals surface area (Å²) < 4.78 is 3.20. The molecular formula is C12H14N2O2. The molecule has 0 aliphatic rings. The van der Waals surface area contributed by atoms with E-state index >= 15 is 0 Å². The molecule has 4 nitrogen and oxygen atoms in total. The van der Waals surface area contributed by atoms with Crippen LogP contribution in [0.1, 0.15) is 12.5 Å². The van der Waals surface area contributed by atoms with Gasteiger partial charge in [-0.2, -0.15) is 0 Å². The molecule has 4 heteroatoms. The predicted octanol–water partition coefficient (Wildman–Crippen LogP) is 1.01. The first-order chi connectivity index (χ1) is 7.50. The zero-order valence-electron chi connectivity index (χ0n) is 9.65. The van der Waals surface area contributed by atoms with E-state index < -0.39 is 0 Å². The van der Waals surface area contributed by atoms with Crippen LogP contribution in [0.15, 0.2) is 23.0 Å². The molecule has 1 aromatic heterocycles. The third kappa shape index (κ3) is 1.56. The van der Waals surface area contributed by atoms with E-state index in [2.05, 4.69) is 0 Å². The minimum Gasteiger partial charge on any atom is -0.300 e. The van der Waals surface area contributed by atoms with Gasteiger partial charge in [-0.25, -0.2) is 4.79 Å². The predicted molar refractivity (Wildman–Crippen MR) is 62.5 cm³/mol. The molecule has 84 valence electrons. The van der Waals surface area contributed by atoms with Gasteiger partial charge < -0.3 is 0 Å². The number of hydrogen-bond donors (Lipinski definition) is 0. The highest BCUT2D eigenvalue weighted by molar-refractivity contribution is 5.81. The Kier molecular flexibility index (Phi) is 2.42. The smallest absolute Gasteiger partial charge is 0.300 e. The lowest BCUT2D eigenvalue weighted by atomic mass is 10.1. The molecular weight excluding hydrogens is 204 g/mol. The van der Waals surface area contributed by atoms with Crippen molar-refractivity contribution < 1.29 is 4.79 Å². The molecule has 1 heterocycles. The van der Waals surface area contributed by atoms with Crippen LogP contribution in [0.25, 0.3) is 11.0 Å². The number of aromatic nitrogens is 2. The average Bonchev–Trinajstić information content (AvgIpc) is 2.43. The Bertz CT molecular complexity index is 620. The van der Waals surface area contributed by atoms with E-state index in [1.54, 1.807) is 30.2 Å². The maximum absolute atomic E-state index is 11.7. The SMILES string of the molecule is CC(=O)Cc1ccc2c(c1)n(C)c(=O)n2C. The van der Waals surface area contributed by atoms with E-state index in [4.69, 9.17) is 0 Å². The summed E-state index contributed by atoms with van der Waals surface area (Å²) in [6, 6.07) is 5.68. The summed E-state index contributed by atoms with van der Waals surface area (Å²) in [5.41, 5.74) is 2.65. The van der Waals surface area contributed by atoms with Gasteiger partial charge in [-0.1, -0.05) is 6.07 Å². The van der Waals surface area contributed by atoms with Crippen LogP contribution in [0.4, 0.5) is 0 Å². The largest absolute Gasteiger partial charge is 0.328 e. The van der Waals surface area contributed by atoms with Gasteiger partial charge >= 0.3 is 5.69 Å². The third-order valence-electron chi connectivity index (χ3n) is 2.79. The minimum absolute atomic E-state index is 0.0463. The van der Waals surface area contributed by atoms with Crippen molar-refractivity contribution in [3.63, 3.8) is 0 Å². The number of carbonyl (C=O) groups excluding carboxylic acids is 1. The molecule has 0 fully saturated rings. The fourth-order valence-corrected chi connectivity index (χ4v) is 1.95. The summed E-state index contributed by atoms with van der Waals surface area (Å²) in [7, 11) is 3.48. The Morgan fingerprint density at radius 1 is 1.19 bits per heavy atom. The van der Waals surface area contributed by atoms with Gasteiger partial charge in [0.05, 0.1) is 11.0 Å². The van der Waals surface area contributed by atoms with Crippen molar-refractivity contribution in [3.05, 3.63) is 34.2 Å². The van der Waals surface area contributed by atoms with Gasteiger partial charge in [-0.3, -0.25) is 13.9 Å². The quantitative estimate of drug-likeness (QED) is 0.755. The average molecular weight is 218 g/mol. The van der Waals surface area contributed by atoms with E-state index in [9.17, 15) is 9.59 Å². The van der Waals surface area contributed by atoms with E-state index in [1.807, 2.05) is 18.2 Å². The highest BCUT2D eigenvalue weighted by atomic mass is 16.1. The lowest BCUT2D eigenvalue weighted by Gasteiger charge is -1.99. The van der Waals surface area contributed by atoms with Gasteiger partial charge in [0.2, 0.25) is 0 Å². The van der Waals surface area contributed by atoms with Gasteiger partial charge in [0.15, 0.2) is 0 Å². The summed E-state index contributed by atoms with van der Waals surface area (Å²) in [6.45, 7) is 1.56. The van der Waals surface area contributed by atoms with Gasteiger partial charge in [0.25, 0.3) is 0 Å². The molecule has 0 saturated carbocycles. The van der Waals surface area contributed by atoms with Crippen molar-refractivity contribution in [3.8, 4) is 0 Å². The number of nitrogens with zero attached hydrogens (tertiary/aromatic N) is 2. The van der Waals surface area contributed by atoms with Crippen LogP contribution in [0.2, 0.25) is 0 Å². The molecule has 0 N–H and O–H groups in total. The number of benzene rings is 1. The fraction of sp³-hybridized carbons (Fsp3) is 0.333. The molecule has 1 aromatic carbocycles. The molecule has 0 bridgehead atoms. The normalized spacial score (nSPS) is 10.9. The van der Waals surface area contributed by atoms with Crippen molar-refractivity contribution in [1.82, 2.24) is 9.13 Å². The fourth-order valence-electron chi connectivity index (χ4n) is 1.95. The van der Waals surface area contributed by atoms with Crippen LogP contribution in [0.3, 0.4) is 0 Å². The minimum atomic E-state index is -0.0463. The lowest BCUT2D eigenvalue weighted by Crippen LogP contribution is -2.19. The van der Waals surface area contributed by atoms with Crippen LogP contribution in [-0.2, 0) is 25.3 Å². The Balaban J connectivity index is 2.67. The summed E-state index contributed by atoms with van der Waals surface area (Å²) >= 11 is 0. The Hall–Kier alpha value is -1.84. The molecule has 0 aliphatic heterocycles. The van der Waals surface area contributed by atoms with Gasteiger partial charge in [-0.05, 0) is 24.6 Å². The second-order valence-electron chi connectivity index (χ2n) is 4.10. The Labute approximate surface area is 93.1 Å². The van der Waals surface area contributed by atoms with Crippen LogP contribution in [0.5, 0.6) is 0 Å². The van der Waals surface area contributed by atoms with Gasteiger partial charge in [0.1, 0.15) is 5.78 Å². The number of rotatable bonds is 2. The number of aryl methyl sites for hydroxylation is 2. The topological polar surface area (TPSA) is 44.0 Å². The number of carbonyl (C=O) groups is 1. The zero-order valence-corrected chi connectivity index (χ0v) is 9.65. The number of imidazole rings is 1. The lowest BCUT2D eigenvalue weighted by molar-refractivity contribution is -0.116. The number of ketones is 1. The van der Waals surface area contributed by atoms with Crippen LogP contribution in [0, 0.1) is 0 Å². The zero-order chi connectivity index (χ0) is 11.9. The third-order valence-corrected chi connectivity index (χ3v) is 2.79. The number of hydrogen-bond acceptors (Lipinski definition) is 2. The summed E-state index contributed by atoms with van der Waals surface area (Å²) in [5.74, 6) is 0.125. The van der Waals surface area contributed by atoms with E-state index in [0.29, 0.717) is 6.42 Å². The number of fused-ring (bicyclic) bond motifs is 1. The second-order valence-corrected chi connectivity index (χ2v) is 4.10. The first-order valence-electron chi connectivity index (χ1n) is 5.14. The van der Waals surface area contributed by atoms with Crippen molar-refractivity contribution >= 4 is 16.8 Å². The molecule has 0 radical (unpaired) electrons. The van der Waals surface area contributed by atoms with Gasteiger partial charge in [-0.15, -0.1) is 0 Å². The maximum atomic E-state index is 11.7. The molecule has 0 saturated heterocycles. The van der Waals surface area contributed by atoms with Crippen LogP contribution >= 0.6 is 0 Å².